The number of anilines is 1. The highest BCUT2D eigenvalue weighted by atomic mass is 35.5. The number of hydrogen-bond donors (Lipinski definition) is 1. The Morgan fingerprint density at radius 3 is 2.27 bits per heavy atom. The number of amides is 2. The van der Waals surface area contributed by atoms with Gasteiger partial charge in [-0.25, -0.2) is 8.42 Å². The zero-order valence-corrected chi connectivity index (χ0v) is 26.0. The van der Waals surface area contributed by atoms with Gasteiger partial charge in [-0.1, -0.05) is 74.5 Å². The molecule has 1 aliphatic rings. The molecule has 0 aliphatic heterocycles. The van der Waals surface area contributed by atoms with Crippen molar-refractivity contribution >= 4 is 50.7 Å². The number of halogens is 2. The Morgan fingerprint density at radius 2 is 1.70 bits per heavy atom. The van der Waals surface area contributed by atoms with E-state index in [9.17, 15) is 18.0 Å². The fourth-order valence-electron chi connectivity index (χ4n) is 5.20. The van der Waals surface area contributed by atoms with Crippen LogP contribution in [0.3, 0.4) is 0 Å². The number of hydrogen-bond acceptors (Lipinski definition) is 4. The van der Waals surface area contributed by atoms with Gasteiger partial charge < -0.3 is 10.2 Å². The number of carbonyl (C=O) groups is 2. The van der Waals surface area contributed by atoms with Crippen molar-refractivity contribution in [2.45, 2.75) is 90.3 Å². The molecule has 1 atom stereocenters. The molecule has 3 rings (SSSR count). The predicted molar refractivity (Wildman–Crippen MR) is 163 cm³/mol. The van der Waals surface area contributed by atoms with E-state index in [-0.39, 0.29) is 37.4 Å². The second-order valence-electron chi connectivity index (χ2n) is 10.5. The summed E-state index contributed by atoms with van der Waals surface area (Å²) in [5.74, 6) is -0.395. The largest absolute Gasteiger partial charge is 0.352 e. The van der Waals surface area contributed by atoms with E-state index in [0.717, 1.165) is 37.7 Å². The van der Waals surface area contributed by atoms with Crippen LogP contribution in [-0.2, 0) is 32.6 Å². The van der Waals surface area contributed by atoms with Crippen molar-refractivity contribution in [1.29, 1.82) is 0 Å². The molecule has 0 saturated heterocycles. The molecule has 0 aromatic heterocycles. The maximum Gasteiger partial charge on any atom is 0.243 e. The van der Waals surface area contributed by atoms with Gasteiger partial charge in [0.15, 0.2) is 0 Å². The molecule has 1 aliphatic carbocycles. The Kier molecular flexibility index (Phi) is 12.2. The van der Waals surface area contributed by atoms with Gasteiger partial charge in [-0.15, -0.1) is 0 Å². The fourth-order valence-corrected chi connectivity index (χ4v) is 6.63. The maximum atomic E-state index is 13.7. The number of rotatable bonds is 13. The Bertz CT molecular complexity index is 1250. The molecule has 40 heavy (non-hydrogen) atoms. The minimum absolute atomic E-state index is 0.0808. The molecule has 1 fully saturated rings. The molecule has 1 N–H and O–H groups in total. The lowest BCUT2D eigenvalue weighted by atomic mass is 9.95. The Morgan fingerprint density at radius 1 is 1.02 bits per heavy atom. The summed E-state index contributed by atoms with van der Waals surface area (Å²) in [4.78, 5) is 28.7. The lowest BCUT2D eigenvalue weighted by Gasteiger charge is -2.33. The molecule has 0 heterocycles. The lowest BCUT2D eigenvalue weighted by Crippen LogP contribution is -2.51. The molecule has 1 saturated carbocycles. The summed E-state index contributed by atoms with van der Waals surface area (Å²) >= 11 is 12.5. The van der Waals surface area contributed by atoms with E-state index in [1.807, 2.05) is 26.0 Å². The third kappa shape index (κ3) is 9.11. The monoisotopic (exact) mass is 609 g/mol. The summed E-state index contributed by atoms with van der Waals surface area (Å²) in [7, 11) is -3.55. The number of benzene rings is 2. The van der Waals surface area contributed by atoms with Crippen LogP contribution in [0.2, 0.25) is 10.0 Å². The molecule has 2 aromatic rings. The summed E-state index contributed by atoms with van der Waals surface area (Å²) in [6.45, 7) is 4.23. The van der Waals surface area contributed by atoms with Gasteiger partial charge in [0.05, 0.1) is 11.9 Å². The molecule has 0 bridgehead atoms. The highest BCUT2D eigenvalue weighted by molar-refractivity contribution is 7.92. The Labute approximate surface area is 249 Å². The van der Waals surface area contributed by atoms with Gasteiger partial charge in [-0.05, 0) is 67.5 Å². The van der Waals surface area contributed by atoms with Crippen molar-refractivity contribution in [3.8, 4) is 0 Å². The smallest absolute Gasteiger partial charge is 0.243 e. The first kappa shape index (κ1) is 32.2. The summed E-state index contributed by atoms with van der Waals surface area (Å²) in [5, 5.41) is 4.08. The zero-order valence-electron chi connectivity index (χ0n) is 23.7. The van der Waals surface area contributed by atoms with Crippen LogP contribution in [0, 0.1) is 0 Å². The van der Waals surface area contributed by atoms with Gasteiger partial charge in [-0.3, -0.25) is 13.9 Å². The number of sulfonamides is 1. The minimum Gasteiger partial charge on any atom is -0.352 e. The highest BCUT2D eigenvalue weighted by Crippen LogP contribution is 2.25. The number of nitrogens with zero attached hydrogens (tertiary/aromatic N) is 2. The van der Waals surface area contributed by atoms with E-state index in [1.165, 1.54) is 17.0 Å². The number of carbonyl (C=O) groups excluding carboxylic acids is 2. The van der Waals surface area contributed by atoms with Gasteiger partial charge in [0.25, 0.3) is 0 Å². The van der Waals surface area contributed by atoms with Crippen LogP contribution in [0.5, 0.6) is 0 Å². The van der Waals surface area contributed by atoms with Crippen molar-refractivity contribution in [3.63, 3.8) is 0 Å². The van der Waals surface area contributed by atoms with Crippen molar-refractivity contribution in [3.05, 3.63) is 63.6 Å². The van der Waals surface area contributed by atoms with Crippen LogP contribution in [0.1, 0.15) is 76.3 Å². The molecule has 0 spiro atoms. The minimum atomic E-state index is -3.55. The SMILES string of the molecule is CCc1ccc(N(CCCC(=O)N(Cc2ccc(Cl)cc2Cl)C(CC)C(=O)NC2CCCCC2)S(C)(=O)=O)cc1. The first-order valence-electron chi connectivity index (χ1n) is 14.1. The van der Waals surface area contributed by atoms with Crippen molar-refractivity contribution in [2.24, 2.45) is 0 Å². The van der Waals surface area contributed by atoms with Crippen molar-refractivity contribution < 1.29 is 18.0 Å². The van der Waals surface area contributed by atoms with E-state index < -0.39 is 16.1 Å². The number of aryl methyl sites for hydroxylation is 1. The van der Waals surface area contributed by atoms with Crippen molar-refractivity contribution in [2.75, 3.05) is 17.1 Å². The predicted octanol–water partition coefficient (Wildman–Crippen LogP) is 6.36. The standard InChI is InChI=1S/C30H41Cl2N3O4S/c1-4-22-13-17-26(18-14-22)35(40(3,38)39)19-9-12-29(36)34(21-23-15-16-24(31)20-27(23)32)28(5-2)30(37)33-25-10-7-6-8-11-25/h13-18,20,25,28H,4-12,19,21H2,1-3H3,(H,33,37). The summed E-state index contributed by atoms with van der Waals surface area (Å²) < 4.78 is 26.5. The van der Waals surface area contributed by atoms with Crippen LogP contribution in [0.25, 0.3) is 0 Å². The van der Waals surface area contributed by atoms with Crippen LogP contribution < -0.4 is 9.62 Å². The average Bonchev–Trinajstić information content (AvgIpc) is 2.92. The van der Waals surface area contributed by atoms with E-state index in [1.54, 1.807) is 35.2 Å². The van der Waals surface area contributed by atoms with Gasteiger partial charge in [-0.2, -0.15) is 0 Å². The van der Waals surface area contributed by atoms with E-state index in [0.29, 0.717) is 34.1 Å². The van der Waals surface area contributed by atoms with Gasteiger partial charge >= 0.3 is 0 Å². The molecule has 2 amide bonds. The Balaban J connectivity index is 1.78. The highest BCUT2D eigenvalue weighted by Gasteiger charge is 2.31. The molecule has 10 heteroatoms. The van der Waals surface area contributed by atoms with Crippen LogP contribution in [0.4, 0.5) is 5.69 Å². The summed E-state index contributed by atoms with van der Waals surface area (Å²) in [6.07, 6.45) is 8.08. The third-order valence-corrected chi connectivity index (χ3v) is 9.26. The van der Waals surface area contributed by atoms with E-state index >= 15 is 0 Å². The summed E-state index contributed by atoms with van der Waals surface area (Å²) in [6, 6.07) is 11.9. The van der Waals surface area contributed by atoms with E-state index in [2.05, 4.69) is 5.32 Å². The second-order valence-corrected chi connectivity index (χ2v) is 13.2. The molecule has 2 aromatic carbocycles. The zero-order chi connectivity index (χ0) is 29.3. The van der Waals surface area contributed by atoms with Gasteiger partial charge in [0.2, 0.25) is 21.8 Å². The first-order chi connectivity index (χ1) is 19.0. The van der Waals surface area contributed by atoms with Crippen LogP contribution >= 0.6 is 23.2 Å². The van der Waals surface area contributed by atoms with Crippen LogP contribution in [-0.4, -0.2) is 50.0 Å². The molecular weight excluding hydrogens is 569 g/mol. The second kappa shape index (κ2) is 15.1. The lowest BCUT2D eigenvalue weighted by molar-refractivity contribution is -0.141. The third-order valence-electron chi connectivity index (χ3n) is 7.48. The maximum absolute atomic E-state index is 13.7. The molecule has 7 nitrogen and oxygen atoms in total. The fraction of sp³-hybridized carbons (Fsp3) is 0.533. The topological polar surface area (TPSA) is 86.8 Å². The van der Waals surface area contributed by atoms with Crippen molar-refractivity contribution in [1.82, 2.24) is 10.2 Å². The molecular formula is C30H41Cl2N3O4S. The quantitative estimate of drug-likeness (QED) is 0.286. The van der Waals surface area contributed by atoms with Gasteiger partial charge in [0, 0.05) is 35.6 Å². The first-order valence-corrected chi connectivity index (χ1v) is 16.7. The molecule has 1 unspecified atom stereocenters. The summed E-state index contributed by atoms with van der Waals surface area (Å²) in [5.41, 5.74) is 2.37. The number of nitrogens with one attached hydrogen (secondary N) is 1. The molecule has 220 valence electrons. The normalized spacial score (nSPS) is 14.9. The van der Waals surface area contributed by atoms with Crippen LogP contribution in [0.15, 0.2) is 42.5 Å². The molecule has 0 radical (unpaired) electrons. The average molecular weight is 611 g/mol. The van der Waals surface area contributed by atoms with Gasteiger partial charge in [0.1, 0.15) is 6.04 Å². The Hall–Kier alpha value is -2.29. The van der Waals surface area contributed by atoms with E-state index in [4.69, 9.17) is 23.2 Å².